The highest BCUT2D eigenvalue weighted by atomic mass is 15.0. The lowest BCUT2D eigenvalue weighted by Gasteiger charge is -2.27. The van der Waals surface area contributed by atoms with E-state index in [9.17, 15) is 0 Å². The van der Waals surface area contributed by atoms with Crippen LogP contribution in [0.2, 0.25) is 0 Å². The highest BCUT2D eigenvalue weighted by molar-refractivity contribution is 5.67. The second kappa shape index (κ2) is 16.9. The summed E-state index contributed by atoms with van der Waals surface area (Å²) < 4.78 is 0. The average Bonchev–Trinajstić information content (AvgIpc) is 3.15. The summed E-state index contributed by atoms with van der Waals surface area (Å²) in [6, 6.07) is 45.6. The molecule has 0 unspecified atom stereocenters. The Balaban J connectivity index is 1.38. The Hall–Kier alpha value is -5.08. The number of nitrogens with one attached hydrogen (secondary N) is 2. The minimum Gasteiger partial charge on any atom is -0.383 e. The normalized spacial score (nSPS) is 13.6. The molecule has 0 aromatic heterocycles. The van der Waals surface area contributed by atoms with Crippen molar-refractivity contribution in [3.8, 4) is 0 Å². The van der Waals surface area contributed by atoms with Crippen LogP contribution in [-0.2, 0) is 0 Å². The fraction of sp³-hybridized carbons (Fsp3) is 0.308. The zero-order chi connectivity index (χ0) is 38.5. The van der Waals surface area contributed by atoms with Gasteiger partial charge in [0, 0.05) is 48.1 Å². The summed E-state index contributed by atoms with van der Waals surface area (Å²) in [6.45, 7) is 24.3. The molecule has 0 heterocycles. The van der Waals surface area contributed by atoms with Crippen molar-refractivity contribution in [3.63, 3.8) is 0 Å². The molecule has 2 nitrogen and oxygen atoms in total. The number of anilines is 2. The van der Waals surface area contributed by atoms with Crippen LogP contribution in [0.25, 0.3) is 0 Å². The highest BCUT2D eigenvalue weighted by Crippen LogP contribution is 2.41. The Morgan fingerprint density at radius 3 is 0.796 bits per heavy atom. The second-order valence-corrected chi connectivity index (χ2v) is 16.0. The molecule has 0 bridgehead atoms. The Bertz CT molecular complexity index is 1920. The van der Waals surface area contributed by atoms with Gasteiger partial charge in [0.1, 0.15) is 0 Å². The van der Waals surface area contributed by atoms with Crippen LogP contribution in [0.4, 0.5) is 11.4 Å². The quantitative estimate of drug-likeness (QED) is 0.117. The van der Waals surface area contributed by atoms with Crippen molar-refractivity contribution < 1.29 is 0 Å². The van der Waals surface area contributed by atoms with Gasteiger partial charge in [-0.25, -0.2) is 0 Å². The molecule has 0 aliphatic carbocycles. The molecule has 54 heavy (non-hydrogen) atoms. The standard InChI is InChI=1S/C52H60N2/c1-33-15-11-19-43(25-33)39(7)47-29-37(5)30-48(40(8)44-20-12-16-34(2)26-44)51(47)53-23-24-54-52-49(41(9)45-21-13-17-35(3)27-45)31-38(6)32-50(52)42(10)46-22-14-18-36(4)28-46/h11-22,25-32,39-42,53-54H,23-24H2,1-10H3/t39-,40-,41-,42-/m1/s1. The molecule has 0 spiro atoms. The van der Waals surface area contributed by atoms with Gasteiger partial charge >= 0.3 is 0 Å². The lowest BCUT2D eigenvalue weighted by atomic mass is 9.83. The molecule has 0 aliphatic rings. The predicted molar refractivity (Wildman–Crippen MR) is 234 cm³/mol. The SMILES string of the molecule is Cc1cccc([C@@H](C)c2cc(C)cc([C@H](C)c3cccc(C)c3)c2NCCNc2c([C@H](C)c3cccc(C)c3)cc(C)cc2[C@H](C)c2cccc(C)c2)c1. The van der Waals surface area contributed by atoms with Crippen molar-refractivity contribution in [2.45, 2.75) is 92.9 Å². The third-order valence-electron chi connectivity index (χ3n) is 11.5. The van der Waals surface area contributed by atoms with Crippen LogP contribution in [0.15, 0.2) is 121 Å². The minimum atomic E-state index is 0.240. The monoisotopic (exact) mass is 712 g/mol. The van der Waals surface area contributed by atoms with E-state index in [0.29, 0.717) is 0 Å². The van der Waals surface area contributed by atoms with E-state index in [1.165, 1.54) is 89.3 Å². The van der Waals surface area contributed by atoms with Gasteiger partial charge in [-0.3, -0.25) is 0 Å². The first-order chi connectivity index (χ1) is 25.9. The van der Waals surface area contributed by atoms with E-state index in [2.05, 4.69) is 201 Å². The molecule has 0 saturated heterocycles. The predicted octanol–water partition coefficient (Wildman–Crippen LogP) is 13.7. The fourth-order valence-corrected chi connectivity index (χ4v) is 8.31. The maximum absolute atomic E-state index is 4.03. The summed E-state index contributed by atoms with van der Waals surface area (Å²) in [5.74, 6) is 0.961. The van der Waals surface area contributed by atoms with Gasteiger partial charge in [-0.05, 0) is 86.1 Å². The topological polar surface area (TPSA) is 24.1 Å². The molecule has 0 amide bonds. The van der Waals surface area contributed by atoms with E-state index in [4.69, 9.17) is 0 Å². The summed E-state index contributed by atoms with van der Waals surface area (Å²) in [7, 11) is 0. The highest BCUT2D eigenvalue weighted by Gasteiger charge is 2.23. The van der Waals surface area contributed by atoms with Crippen molar-refractivity contribution >= 4 is 11.4 Å². The number of aryl methyl sites for hydroxylation is 6. The van der Waals surface area contributed by atoms with E-state index in [0.717, 1.165) is 13.1 Å². The average molecular weight is 713 g/mol. The molecule has 0 aliphatic heterocycles. The zero-order valence-corrected chi connectivity index (χ0v) is 34.3. The summed E-state index contributed by atoms with van der Waals surface area (Å²) in [6.07, 6.45) is 0. The van der Waals surface area contributed by atoms with Gasteiger partial charge in [0.25, 0.3) is 0 Å². The molecule has 2 N–H and O–H groups in total. The summed E-state index contributed by atoms with van der Waals surface area (Å²) in [5.41, 5.74) is 21.1. The molecular weight excluding hydrogens is 653 g/mol. The smallest absolute Gasteiger partial charge is 0.0418 e. The zero-order valence-electron chi connectivity index (χ0n) is 34.3. The van der Waals surface area contributed by atoms with E-state index < -0.39 is 0 Å². The Morgan fingerprint density at radius 2 is 0.574 bits per heavy atom. The van der Waals surface area contributed by atoms with Crippen molar-refractivity contribution in [2.75, 3.05) is 23.7 Å². The van der Waals surface area contributed by atoms with Gasteiger partial charge in [0.2, 0.25) is 0 Å². The number of hydrogen-bond acceptors (Lipinski definition) is 2. The van der Waals surface area contributed by atoms with Gasteiger partial charge in [-0.1, -0.05) is 182 Å². The maximum atomic E-state index is 4.03. The van der Waals surface area contributed by atoms with Gasteiger partial charge in [0.15, 0.2) is 0 Å². The molecule has 278 valence electrons. The molecule has 4 atom stereocenters. The van der Waals surface area contributed by atoms with E-state index >= 15 is 0 Å². The molecule has 0 fully saturated rings. The molecule has 6 aromatic carbocycles. The Kier molecular flexibility index (Phi) is 12.1. The third-order valence-corrected chi connectivity index (χ3v) is 11.5. The summed E-state index contributed by atoms with van der Waals surface area (Å²) in [5, 5.41) is 8.07. The second-order valence-electron chi connectivity index (χ2n) is 16.0. The van der Waals surface area contributed by atoms with Crippen molar-refractivity contribution in [1.82, 2.24) is 0 Å². The van der Waals surface area contributed by atoms with Crippen molar-refractivity contribution in [1.29, 1.82) is 0 Å². The first-order valence-electron chi connectivity index (χ1n) is 19.9. The van der Waals surface area contributed by atoms with E-state index in [1.54, 1.807) is 0 Å². The van der Waals surface area contributed by atoms with Gasteiger partial charge in [-0.2, -0.15) is 0 Å². The van der Waals surface area contributed by atoms with Crippen LogP contribution < -0.4 is 10.6 Å². The van der Waals surface area contributed by atoms with Crippen LogP contribution >= 0.6 is 0 Å². The molecule has 6 aromatic rings. The van der Waals surface area contributed by atoms with Crippen LogP contribution in [-0.4, -0.2) is 13.1 Å². The number of benzene rings is 6. The van der Waals surface area contributed by atoms with Crippen molar-refractivity contribution in [3.05, 3.63) is 199 Å². The van der Waals surface area contributed by atoms with E-state index in [-0.39, 0.29) is 23.7 Å². The van der Waals surface area contributed by atoms with Crippen LogP contribution in [0.3, 0.4) is 0 Å². The first-order valence-corrected chi connectivity index (χ1v) is 19.9. The maximum Gasteiger partial charge on any atom is 0.0418 e. The summed E-state index contributed by atoms with van der Waals surface area (Å²) in [4.78, 5) is 0. The fourth-order valence-electron chi connectivity index (χ4n) is 8.31. The molecule has 6 rings (SSSR count). The number of hydrogen-bond donors (Lipinski definition) is 2. The van der Waals surface area contributed by atoms with Crippen molar-refractivity contribution in [2.24, 2.45) is 0 Å². The molecular formula is C52H60N2. The molecule has 2 heteroatoms. The molecule has 0 radical (unpaired) electrons. The Morgan fingerprint density at radius 1 is 0.333 bits per heavy atom. The lowest BCUT2D eigenvalue weighted by molar-refractivity contribution is 0.871. The van der Waals surface area contributed by atoms with Crippen LogP contribution in [0, 0.1) is 41.5 Å². The lowest BCUT2D eigenvalue weighted by Crippen LogP contribution is -2.19. The largest absolute Gasteiger partial charge is 0.383 e. The minimum absolute atomic E-state index is 0.240. The van der Waals surface area contributed by atoms with Gasteiger partial charge in [0.05, 0.1) is 0 Å². The molecule has 0 saturated carbocycles. The third kappa shape index (κ3) is 8.82. The summed E-state index contributed by atoms with van der Waals surface area (Å²) >= 11 is 0. The van der Waals surface area contributed by atoms with E-state index in [1.807, 2.05) is 0 Å². The van der Waals surface area contributed by atoms with Crippen LogP contribution in [0.5, 0.6) is 0 Å². The number of rotatable bonds is 13. The van der Waals surface area contributed by atoms with Crippen LogP contribution in [0.1, 0.15) is 129 Å². The van der Waals surface area contributed by atoms with Gasteiger partial charge < -0.3 is 10.6 Å². The van der Waals surface area contributed by atoms with Gasteiger partial charge in [-0.15, -0.1) is 0 Å². The first kappa shape index (κ1) is 38.6. The Labute approximate surface area is 326 Å².